The molecule has 0 aliphatic carbocycles. The third-order valence-electron chi connectivity index (χ3n) is 3.42. The molecular weight excluding hydrogens is 296 g/mol. The molecule has 2 N–H and O–H groups in total. The van der Waals surface area contributed by atoms with Gasteiger partial charge in [0.1, 0.15) is 6.04 Å². The van der Waals surface area contributed by atoms with Gasteiger partial charge in [-0.05, 0) is 31.4 Å². The molecule has 0 bridgehead atoms. The fourth-order valence-electron chi connectivity index (χ4n) is 2.27. The highest BCUT2D eigenvalue weighted by molar-refractivity contribution is 5.95. The molecule has 0 aliphatic rings. The second-order valence-corrected chi connectivity index (χ2v) is 5.76. The molecule has 7 nitrogen and oxygen atoms in total. The lowest BCUT2D eigenvalue weighted by atomic mass is 10.0. The van der Waals surface area contributed by atoms with Gasteiger partial charge in [0.15, 0.2) is 5.69 Å². The van der Waals surface area contributed by atoms with Crippen LogP contribution in [0, 0.1) is 12.8 Å². The topological polar surface area (TPSA) is 97.1 Å². The van der Waals surface area contributed by atoms with Crippen molar-refractivity contribution in [3.05, 3.63) is 41.7 Å². The van der Waals surface area contributed by atoms with E-state index in [4.69, 9.17) is 0 Å². The van der Waals surface area contributed by atoms with Gasteiger partial charge in [0.05, 0.1) is 11.4 Å². The minimum absolute atomic E-state index is 0.129. The van der Waals surface area contributed by atoms with E-state index < -0.39 is 17.9 Å². The maximum Gasteiger partial charge on any atom is 0.326 e. The predicted molar refractivity (Wildman–Crippen MR) is 84.4 cm³/mol. The summed E-state index contributed by atoms with van der Waals surface area (Å²) in [5, 5.41) is 19.6. The van der Waals surface area contributed by atoms with E-state index in [9.17, 15) is 14.7 Å². The third kappa shape index (κ3) is 3.94. The smallest absolute Gasteiger partial charge is 0.326 e. The number of rotatable bonds is 6. The molecular formula is C16H20N4O3. The van der Waals surface area contributed by atoms with E-state index in [1.165, 1.54) is 0 Å². The minimum atomic E-state index is -1.06. The molecule has 2 aromatic rings. The van der Waals surface area contributed by atoms with Gasteiger partial charge in [0.25, 0.3) is 5.91 Å². The molecule has 23 heavy (non-hydrogen) atoms. The Labute approximate surface area is 134 Å². The van der Waals surface area contributed by atoms with Crippen LogP contribution in [0.4, 0.5) is 0 Å². The van der Waals surface area contributed by atoms with E-state index in [1.807, 2.05) is 44.2 Å². The molecule has 1 aromatic carbocycles. The van der Waals surface area contributed by atoms with Gasteiger partial charge in [-0.2, -0.15) is 0 Å². The van der Waals surface area contributed by atoms with Crippen LogP contribution >= 0.6 is 0 Å². The molecule has 0 radical (unpaired) electrons. The fraction of sp³-hybridized carbons (Fsp3) is 0.375. The monoisotopic (exact) mass is 316 g/mol. The number of carboxylic acids is 1. The van der Waals surface area contributed by atoms with Crippen LogP contribution < -0.4 is 5.32 Å². The average Bonchev–Trinajstić information content (AvgIpc) is 2.88. The Kier molecular flexibility index (Phi) is 5.10. The summed E-state index contributed by atoms with van der Waals surface area (Å²) in [4.78, 5) is 23.6. The summed E-state index contributed by atoms with van der Waals surface area (Å²) in [6.45, 7) is 5.53. The number of benzene rings is 1. The molecule has 1 amide bonds. The van der Waals surface area contributed by atoms with Gasteiger partial charge >= 0.3 is 5.97 Å². The third-order valence-corrected chi connectivity index (χ3v) is 3.42. The van der Waals surface area contributed by atoms with E-state index in [0.717, 1.165) is 5.69 Å². The first-order valence-electron chi connectivity index (χ1n) is 7.41. The van der Waals surface area contributed by atoms with Crippen molar-refractivity contribution in [2.45, 2.75) is 33.2 Å². The SMILES string of the molecule is Cc1c(C(=O)NC(CC(C)C)C(=O)O)nnn1-c1ccccc1. The Morgan fingerprint density at radius 3 is 2.48 bits per heavy atom. The van der Waals surface area contributed by atoms with Crippen LogP contribution in [-0.2, 0) is 4.79 Å². The molecule has 1 aromatic heterocycles. The Balaban J connectivity index is 2.20. The molecule has 0 fully saturated rings. The molecule has 1 unspecified atom stereocenters. The van der Waals surface area contributed by atoms with Crippen molar-refractivity contribution in [1.82, 2.24) is 20.3 Å². The summed E-state index contributed by atoms with van der Waals surface area (Å²) in [6.07, 6.45) is 0.354. The molecule has 1 heterocycles. The summed E-state index contributed by atoms with van der Waals surface area (Å²) in [5.74, 6) is -1.43. The molecule has 122 valence electrons. The predicted octanol–water partition coefficient (Wildman–Crippen LogP) is 1.80. The molecule has 2 rings (SSSR count). The van der Waals surface area contributed by atoms with E-state index in [1.54, 1.807) is 11.6 Å². The highest BCUT2D eigenvalue weighted by atomic mass is 16.4. The lowest BCUT2D eigenvalue weighted by Crippen LogP contribution is -2.42. The van der Waals surface area contributed by atoms with E-state index in [2.05, 4.69) is 15.6 Å². The highest BCUT2D eigenvalue weighted by Gasteiger charge is 2.25. The summed E-state index contributed by atoms with van der Waals surface area (Å²) < 4.78 is 1.55. The average molecular weight is 316 g/mol. The van der Waals surface area contributed by atoms with Crippen LogP contribution in [0.1, 0.15) is 36.5 Å². The standard InChI is InChI=1S/C16H20N4O3/c1-10(2)9-13(16(22)23)17-15(21)14-11(3)20(19-18-14)12-7-5-4-6-8-12/h4-8,10,13H,9H2,1-3H3,(H,17,21)(H,22,23). The van der Waals surface area contributed by atoms with Crippen LogP contribution in [-0.4, -0.2) is 38.0 Å². The van der Waals surface area contributed by atoms with Crippen molar-refractivity contribution in [2.75, 3.05) is 0 Å². The van der Waals surface area contributed by atoms with E-state index >= 15 is 0 Å². The number of para-hydroxylation sites is 1. The van der Waals surface area contributed by atoms with Crippen molar-refractivity contribution >= 4 is 11.9 Å². The zero-order valence-corrected chi connectivity index (χ0v) is 13.4. The quantitative estimate of drug-likeness (QED) is 0.847. The number of carbonyl (C=O) groups is 2. The summed E-state index contributed by atoms with van der Waals surface area (Å²) >= 11 is 0. The Morgan fingerprint density at radius 1 is 1.26 bits per heavy atom. The Morgan fingerprint density at radius 2 is 1.91 bits per heavy atom. The number of nitrogens with one attached hydrogen (secondary N) is 1. The fourth-order valence-corrected chi connectivity index (χ4v) is 2.27. The number of hydrogen-bond acceptors (Lipinski definition) is 4. The lowest BCUT2D eigenvalue weighted by Gasteiger charge is -2.15. The molecule has 0 saturated heterocycles. The van der Waals surface area contributed by atoms with E-state index in [-0.39, 0.29) is 11.6 Å². The number of hydrogen-bond donors (Lipinski definition) is 2. The van der Waals surface area contributed by atoms with Crippen LogP contribution in [0.2, 0.25) is 0 Å². The Hall–Kier alpha value is -2.70. The summed E-state index contributed by atoms with van der Waals surface area (Å²) in [5.41, 5.74) is 1.47. The number of nitrogens with zero attached hydrogens (tertiary/aromatic N) is 3. The number of amides is 1. The normalized spacial score (nSPS) is 12.2. The van der Waals surface area contributed by atoms with Gasteiger partial charge in [-0.25, -0.2) is 9.48 Å². The van der Waals surface area contributed by atoms with Crippen molar-refractivity contribution < 1.29 is 14.7 Å². The first-order valence-corrected chi connectivity index (χ1v) is 7.41. The van der Waals surface area contributed by atoms with Crippen molar-refractivity contribution in [3.63, 3.8) is 0 Å². The van der Waals surface area contributed by atoms with E-state index in [0.29, 0.717) is 12.1 Å². The van der Waals surface area contributed by atoms with Crippen LogP contribution in [0.5, 0.6) is 0 Å². The van der Waals surface area contributed by atoms with Crippen LogP contribution in [0.25, 0.3) is 5.69 Å². The van der Waals surface area contributed by atoms with Crippen LogP contribution in [0.3, 0.4) is 0 Å². The van der Waals surface area contributed by atoms with Crippen molar-refractivity contribution in [3.8, 4) is 5.69 Å². The van der Waals surface area contributed by atoms with Crippen molar-refractivity contribution in [2.24, 2.45) is 5.92 Å². The molecule has 0 aliphatic heterocycles. The van der Waals surface area contributed by atoms with Gasteiger partial charge in [0.2, 0.25) is 0 Å². The lowest BCUT2D eigenvalue weighted by molar-refractivity contribution is -0.139. The van der Waals surface area contributed by atoms with Gasteiger partial charge in [-0.1, -0.05) is 37.3 Å². The van der Waals surface area contributed by atoms with Crippen LogP contribution in [0.15, 0.2) is 30.3 Å². The highest BCUT2D eigenvalue weighted by Crippen LogP contribution is 2.12. The van der Waals surface area contributed by atoms with Gasteiger partial charge in [0, 0.05) is 0 Å². The zero-order chi connectivity index (χ0) is 17.0. The van der Waals surface area contributed by atoms with Gasteiger partial charge in [-0.3, -0.25) is 4.79 Å². The number of aromatic nitrogens is 3. The minimum Gasteiger partial charge on any atom is -0.480 e. The molecule has 0 saturated carbocycles. The molecule has 1 atom stereocenters. The second-order valence-electron chi connectivity index (χ2n) is 5.76. The maximum atomic E-state index is 12.3. The molecule has 7 heteroatoms. The number of carboxylic acid groups (broad SMARTS) is 1. The Bertz CT molecular complexity index is 695. The summed E-state index contributed by atoms with van der Waals surface area (Å²) in [7, 11) is 0. The largest absolute Gasteiger partial charge is 0.480 e. The first kappa shape index (κ1) is 16.7. The maximum absolute atomic E-state index is 12.3. The molecule has 0 spiro atoms. The first-order chi connectivity index (χ1) is 10.9. The zero-order valence-electron chi connectivity index (χ0n) is 13.4. The second kappa shape index (κ2) is 7.04. The number of carbonyl (C=O) groups excluding carboxylic acids is 1. The van der Waals surface area contributed by atoms with Gasteiger partial charge in [-0.15, -0.1) is 5.10 Å². The number of aliphatic carboxylic acids is 1. The van der Waals surface area contributed by atoms with Gasteiger partial charge < -0.3 is 10.4 Å². The summed E-state index contributed by atoms with van der Waals surface area (Å²) in [6, 6.07) is 8.36. The van der Waals surface area contributed by atoms with Crippen molar-refractivity contribution in [1.29, 1.82) is 0 Å².